The summed E-state index contributed by atoms with van der Waals surface area (Å²) in [5.41, 5.74) is 6.33. The van der Waals surface area contributed by atoms with Crippen LogP contribution in [0, 0.1) is 5.41 Å². The van der Waals surface area contributed by atoms with Crippen molar-refractivity contribution in [2.75, 3.05) is 46.6 Å². The number of hydrogen-bond acceptors (Lipinski definition) is 10. The van der Waals surface area contributed by atoms with E-state index in [4.69, 9.17) is 9.72 Å². The Kier molecular flexibility index (Phi) is 10.5. The molecule has 1 aromatic carbocycles. The Balaban J connectivity index is 1.06. The highest BCUT2D eigenvalue weighted by atomic mass is 16.5. The SMILES string of the molecule is C=CC(=O)Nc1cc(Nc2nc(-c3ccnc(N4CCn5c(cc6c5CC(C)(C)C6)C4=O)c3CO)cn(C)c2=O)ccc1N1CCN(C2C[C@@H](C)O[C@H](C)C2)C[C@@H]1C. The number of rotatable bonds is 9. The number of piperazine rings is 1. The van der Waals surface area contributed by atoms with E-state index in [-0.39, 0.29) is 46.9 Å². The predicted molar refractivity (Wildman–Crippen MR) is 226 cm³/mol. The molecule has 8 rings (SSSR count). The van der Waals surface area contributed by atoms with Crippen molar-refractivity contribution in [1.82, 2.24) is 24.0 Å². The lowest BCUT2D eigenvalue weighted by Crippen LogP contribution is -2.57. The Bertz CT molecular complexity index is 2320. The molecule has 0 spiro atoms. The molecule has 306 valence electrons. The molecule has 4 aliphatic rings. The Labute approximate surface area is 339 Å². The molecule has 58 heavy (non-hydrogen) atoms. The normalized spacial score (nSPS) is 23.1. The molecular weight excluding hydrogens is 735 g/mol. The van der Waals surface area contributed by atoms with E-state index in [0.717, 1.165) is 51.0 Å². The first-order valence-electron chi connectivity index (χ1n) is 20.4. The number of pyridine rings is 1. The molecule has 2 fully saturated rings. The third-order valence-corrected chi connectivity index (χ3v) is 12.3. The lowest BCUT2D eigenvalue weighted by Gasteiger charge is -2.47. The van der Waals surface area contributed by atoms with Gasteiger partial charge >= 0.3 is 0 Å². The van der Waals surface area contributed by atoms with Gasteiger partial charge in [0.15, 0.2) is 5.82 Å². The van der Waals surface area contributed by atoms with Crippen LogP contribution >= 0.6 is 0 Å². The van der Waals surface area contributed by atoms with Crippen LogP contribution in [0.2, 0.25) is 0 Å². The molecule has 3 atom stereocenters. The van der Waals surface area contributed by atoms with Gasteiger partial charge in [-0.15, -0.1) is 0 Å². The molecule has 2 amide bonds. The summed E-state index contributed by atoms with van der Waals surface area (Å²) in [7, 11) is 1.64. The molecule has 3 aliphatic heterocycles. The first-order valence-corrected chi connectivity index (χ1v) is 20.4. The van der Waals surface area contributed by atoms with Gasteiger partial charge in [-0.2, -0.15) is 0 Å². The topological polar surface area (TPSA) is 150 Å². The van der Waals surface area contributed by atoms with Crippen molar-refractivity contribution in [3.8, 4) is 11.3 Å². The van der Waals surface area contributed by atoms with Gasteiger partial charge in [0.05, 0.1) is 35.9 Å². The van der Waals surface area contributed by atoms with Crippen LogP contribution in [-0.2, 0) is 42.6 Å². The number of hydrogen-bond donors (Lipinski definition) is 3. The van der Waals surface area contributed by atoms with Gasteiger partial charge in [-0.05, 0) is 93.8 Å². The zero-order valence-electron chi connectivity index (χ0n) is 34.4. The van der Waals surface area contributed by atoms with Crippen LogP contribution in [0.5, 0.6) is 0 Å². The van der Waals surface area contributed by atoms with Crippen molar-refractivity contribution in [3.05, 3.63) is 88.2 Å². The van der Waals surface area contributed by atoms with Crippen LogP contribution < -0.4 is 26.0 Å². The maximum atomic E-state index is 14.0. The lowest BCUT2D eigenvalue weighted by molar-refractivity contribution is -0.111. The summed E-state index contributed by atoms with van der Waals surface area (Å²) in [5.74, 6) is -0.0731. The Morgan fingerprint density at radius 3 is 2.55 bits per heavy atom. The average molecular weight is 790 g/mol. The van der Waals surface area contributed by atoms with Crippen molar-refractivity contribution >= 4 is 40.5 Å². The molecule has 3 aromatic heterocycles. The molecule has 0 saturated carbocycles. The Morgan fingerprint density at radius 1 is 1.05 bits per heavy atom. The van der Waals surface area contributed by atoms with E-state index >= 15 is 0 Å². The van der Waals surface area contributed by atoms with Crippen molar-refractivity contribution in [1.29, 1.82) is 0 Å². The largest absolute Gasteiger partial charge is 0.392 e. The summed E-state index contributed by atoms with van der Waals surface area (Å²) >= 11 is 0. The van der Waals surface area contributed by atoms with E-state index in [1.165, 1.54) is 21.9 Å². The maximum Gasteiger partial charge on any atom is 0.293 e. The number of aromatic nitrogens is 4. The minimum Gasteiger partial charge on any atom is -0.392 e. The fourth-order valence-electron chi connectivity index (χ4n) is 9.67. The van der Waals surface area contributed by atoms with Crippen LogP contribution in [0.3, 0.4) is 0 Å². The second-order valence-corrected chi connectivity index (χ2v) is 17.3. The van der Waals surface area contributed by atoms with Gasteiger partial charge in [0, 0.05) is 86.8 Å². The number of carbonyl (C=O) groups excluding carboxylic acids is 2. The van der Waals surface area contributed by atoms with Crippen molar-refractivity contribution in [2.24, 2.45) is 12.5 Å². The number of fused-ring (bicyclic) bond motifs is 3. The van der Waals surface area contributed by atoms with Crippen LogP contribution in [-0.4, -0.2) is 91.4 Å². The van der Waals surface area contributed by atoms with E-state index in [0.29, 0.717) is 58.8 Å². The maximum absolute atomic E-state index is 14.0. The Hall–Kier alpha value is -5.31. The molecule has 0 unspecified atom stereocenters. The predicted octanol–water partition coefficient (Wildman–Crippen LogP) is 5.26. The summed E-state index contributed by atoms with van der Waals surface area (Å²) < 4.78 is 9.59. The first-order chi connectivity index (χ1) is 27.7. The molecule has 0 radical (unpaired) electrons. The van der Waals surface area contributed by atoms with E-state index in [1.54, 1.807) is 30.4 Å². The van der Waals surface area contributed by atoms with Gasteiger partial charge in [-0.1, -0.05) is 20.4 Å². The zero-order valence-corrected chi connectivity index (χ0v) is 34.4. The summed E-state index contributed by atoms with van der Waals surface area (Å²) in [6.45, 7) is 17.9. The standard InChI is InChI=1S/C44H55N9O5/c1-8-39(55)47-34-20-30(9-10-36(34)51-14-13-50(23-26(51)2)31-17-27(3)58-28(4)18-31)46-40-43(57)49(7)24-35(48-40)32-11-12-45-41(33(32)25-54)53-16-15-52-37(42(53)56)19-29-21-44(5,6)22-38(29)52/h8-12,19-20,24,26-28,31,54H,1,13-18,21-23,25H2,2-7H3,(H,46,48)(H,47,55)/t26-,27+,28+/m0/s1. The number of nitrogens with zero attached hydrogens (tertiary/aromatic N) is 7. The highest BCUT2D eigenvalue weighted by Crippen LogP contribution is 2.40. The minimum absolute atomic E-state index is 0.0576. The van der Waals surface area contributed by atoms with Crippen molar-refractivity contribution in [3.63, 3.8) is 0 Å². The average Bonchev–Trinajstić information content (AvgIpc) is 3.68. The molecule has 14 nitrogen and oxygen atoms in total. The lowest BCUT2D eigenvalue weighted by atomic mass is 9.90. The molecule has 0 bridgehead atoms. The van der Waals surface area contributed by atoms with Gasteiger partial charge in [-0.25, -0.2) is 9.97 Å². The number of ether oxygens (including phenoxy) is 1. The second kappa shape index (κ2) is 15.5. The summed E-state index contributed by atoms with van der Waals surface area (Å²) in [5, 5.41) is 17.0. The van der Waals surface area contributed by atoms with Crippen molar-refractivity contribution in [2.45, 2.75) is 97.7 Å². The van der Waals surface area contributed by atoms with E-state index in [9.17, 15) is 19.5 Å². The van der Waals surface area contributed by atoms with Crippen LogP contribution in [0.4, 0.5) is 28.7 Å². The van der Waals surface area contributed by atoms with Crippen LogP contribution in [0.15, 0.2) is 60.2 Å². The van der Waals surface area contributed by atoms with E-state index in [2.05, 4.69) is 71.2 Å². The van der Waals surface area contributed by atoms with Gasteiger partial charge in [0.2, 0.25) is 5.91 Å². The van der Waals surface area contributed by atoms with Crippen LogP contribution in [0.1, 0.15) is 74.8 Å². The number of benzene rings is 1. The molecule has 4 aromatic rings. The monoisotopic (exact) mass is 789 g/mol. The molecule has 2 saturated heterocycles. The molecule has 6 heterocycles. The Morgan fingerprint density at radius 2 is 1.83 bits per heavy atom. The highest BCUT2D eigenvalue weighted by molar-refractivity contribution is 6.06. The summed E-state index contributed by atoms with van der Waals surface area (Å²) in [6.07, 6.45) is 8.83. The van der Waals surface area contributed by atoms with Gasteiger partial charge < -0.3 is 34.5 Å². The number of aliphatic hydroxyl groups is 1. The molecule has 14 heteroatoms. The molecule has 1 aliphatic carbocycles. The van der Waals surface area contributed by atoms with Gasteiger partial charge in [-0.3, -0.25) is 24.2 Å². The molecular formula is C44H55N9O5. The van der Waals surface area contributed by atoms with Gasteiger partial charge in [0.25, 0.3) is 11.5 Å². The van der Waals surface area contributed by atoms with Crippen molar-refractivity contribution < 1.29 is 19.4 Å². The summed E-state index contributed by atoms with van der Waals surface area (Å²) in [6, 6.07) is 10.1. The minimum atomic E-state index is -0.394. The smallest absolute Gasteiger partial charge is 0.293 e. The van der Waals surface area contributed by atoms with Gasteiger partial charge in [0.1, 0.15) is 11.5 Å². The first kappa shape index (κ1) is 39.5. The zero-order chi connectivity index (χ0) is 41.0. The fraction of sp³-hybridized carbons (Fsp3) is 0.477. The van der Waals surface area contributed by atoms with Crippen LogP contribution in [0.25, 0.3) is 11.3 Å². The highest BCUT2D eigenvalue weighted by Gasteiger charge is 2.38. The second-order valence-electron chi connectivity index (χ2n) is 17.3. The van der Waals surface area contributed by atoms with E-state index in [1.807, 2.05) is 24.3 Å². The quantitative estimate of drug-likeness (QED) is 0.192. The third-order valence-electron chi connectivity index (χ3n) is 12.3. The third kappa shape index (κ3) is 7.44. The number of carbonyl (C=O) groups is 2. The summed E-state index contributed by atoms with van der Waals surface area (Å²) in [4.78, 5) is 56.2. The number of aliphatic hydroxyl groups excluding tert-OH is 1. The number of aryl methyl sites for hydroxylation is 1. The molecule has 3 N–H and O–H groups in total. The number of nitrogens with one attached hydrogen (secondary N) is 2. The van der Waals surface area contributed by atoms with E-state index < -0.39 is 6.61 Å². The fourth-order valence-corrected chi connectivity index (χ4v) is 9.67. The number of amides is 2. The number of anilines is 5.